The second-order valence-electron chi connectivity index (χ2n) is 5.61. The van der Waals surface area contributed by atoms with Crippen LogP contribution in [-0.4, -0.2) is 30.3 Å². The number of hydrogen-bond acceptors (Lipinski definition) is 5. The monoisotopic (exact) mass is 407 g/mol. The number of rotatable bonds is 5. The first-order valence-electron chi connectivity index (χ1n) is 7.84. The lowest BCUT2D eigenvalue weighted by Gasteiger charge is -2.14. The van der Waals surface area contributed by atoms with Crippen molar-refractivity contribution in [3.63, 3.8) is 0 Å². The molecule has 0 aliphatic carbocycles. The third-order valence-corrected chi connectivity index (χ3v) is 5.18. The van der Waals surface area contributed by atoms with Gasteiger partial charge in [-0.3, -0.25) is 14.5 Å². The highest BCUT2D eigenvalue weighted by molar-refractivity contribution is 8.18. The summed E-state index contributed by atoms with van der Waals surface area (Å²) in [5, 5.41) is -0.323. The predicted octanol–water partition coefficient (Wildman–Crippen LogP) is 4.73. The fourth-order valence-electron chi connectivity index (χ4n) is 2.54. The van der Waals surface area contributed by atoms with Crippen LogP contribution in [-0.2, 0) is 11.3 Å². The van der Waals surface area contributed by atoms with E-state index in [1.54, 1.807) is 24.3 Å². The molecule has 0 radical (unpaired) electrons. The van der Waals surface area contributed by atoms with Crippen LogP contribution >= 0.6 is 23.4 Å². The first-order valence-corrected chi connectivity index (χ1v) is 9.03. The van der Waals surface area contributed by atoms with Gasteiger partial charge in [0.2, 0.25) is 0 Å². The van der Waals surface area contributed by atoms with Crippen molar-refractivity contribution >= 4 is 40.6 Å². The Kier molecular flexibility index (Phi) is 5.72. The number of halogens is 2. The van der Waals surface area contributed by atoms with Crippen molar-refractivity contribution in [1.82, 2.24) is 4.90 Å². The van der Waals surface area contributed by atoms with Crippen LogP contribution in [0.2, 0.25) is 5.02 Å². The summed E-state index contributed by atoms with van der Waals surface area (Å²) >= 11 is 6.78. The Hall–Kier alpha value is -2.51. The maximum absolute atomic E-state index is 14.0. The molecule has 2 aromatic carbocycles. The average molecular weight is 408 g/mol. The molecule has 0 aromatic heterocycles. The Morgan fingerprint density at radius 2 is 1.81 bits per heavy atom. The van der Waals surface area contributed by atoms with Crippen LogP contribution in [0.15, 0.2) is 41.3 Å². The lowest BCUT2D eigenvalue weighted by atomic mass is 10.1. The van der Waals surface area contributed by atoms with Crippen LogP contribution in [0.4, 0.5) is 9.18 Å². The quantitative estimate of drug-likeness (QED) is 0.670. The van der Waals surface area contributed by atoms with Gasteiger partial charge in [0.15, 0.2) is 0 Å². The average Bonchev–Trinajstić information content (AvgIpc) is 2.91. The van der Waals surface area contributed by atoms with Gasteiger partial charge >= 0.3 is 0 Å². The number of benzene rings is 2. The molecule has 8 heteroatoms. The van der Waals surface area contributed by atoms with E-state index in [0.29, 0.717) is 17.1 Å². The maximum atomic E-state index is 14.0. The molecule has 0 bridgehead atoms. The molecular weight excluding hydrogens is 393 g/mol. The number of amides is 2. The molecule has 0 N–H and O–H groups in total. The number of thioether (sulfide) groups is 1. The molecule has 140 valence electrons. The van der Waals surface area contributed by atoms with Crippen molar-refractivity contribution in [1.29, 1.82) is 0 Å². The number of carbonyl (C=O) groups excluding carboxylic acids is 2. The standard InChI is InChI=1S/C19H15ClFNO4S/c1-25-12-6-11(7-13(9-12)26-2)8-17-18(23)22(19(24)27-17)10-14-15(20)4-3-5-16(14)21/h3-9H,10H2,1-2H3. The summed E-state index contributed by atoms with van der Waals surface area (Å²) in [6, 6.07) is 9.33. The normalized spacial score (nSPS) is 15.6. The van der Waals surface area contributed by atoms with E-state index < -0.39 is 17.0 Å². The Balaban J connectivity index is 1.89. The topological polar surface area (TPSA) is 55.8 Å². The van der Waals surface area contributed by atoms with Gasteiger partial charge in [-0.05, 0) is 47.7 Å². The van der Waals surface area contributed by atoms with E-state index in [2.05, 4.69) is 0 Å². The summed E-state index contributed by atoms with van der Waals surface area (Å²) in [4.78, 5) is 26.1. The zero-order valence-electron chi connectivity index (χ0n) is 14.5. The fraction of sp³-hybridized carbons (Fsp3) is 0.158. The molecule has 5 nitrogen and oxygen atoms in total. The van der Waals surface area contributed by atoms with Gasteiger partial charge in [0.05, 0.1) is 25.7 Å². The second-order valence-corrected chi connectivity index (χ2v) is 7.01. The third kappa shape index (κ3) is 4.09. The summed E-state index contributed by atoms with van der Waals surface area (Å²) in [5.41, 5.74) is 0.742. The van der Waals surface area contributed by atoms with E-state index in [1.165, 1.54) is 32.4 Å². The molecule has 1 saturated heterocycles. The van der Waals surface area contributed by atoms with Gasteiger partial charge in [-0.15, -0.1) is 0 Å². The SMILES string of the molecule is COc1cc(C=C2SC(=O)N(Cc3c(F)cccc3Cl)C2=O)cc(OC)c1. The van der Waals surface area contributed by atoms with Gasteiger partial charge in [-0.2, -0.15) is 0 Å². The van der Waals surface area contributed by atoms with Crippen molar-refractivity contribution in [2.24, 2.45) is 0 Å². The van der Waals surface area contributed by atoms with Gasteiger partial charge in [0.1, 0.15) is 17.3 Å². The van der Waals surface area contributed by atoms with Crippen LogP contribution in [0.5, 0.6) is 11.5 Å². The van der Waals surface area contributed by atoms with Crippen LogP contribution < -0.4 is 9.47 Å². The minimum Gasteiger partial charge on any atom is -0.497 e. The molecule has 0 saturated carbocycles. The molecule has 2 aromatic rings. The number of carbonyl (C=O) groups is 2. The molecule has 3 rings (SSSR count). The summed E-state index contributed by atoms with van der Waals surface area (Å²) in [6.07, 6.45) is 1.57. The van der Waals surface area contributed by atoms with E-state index >= 15 is 0 Å². The van der Waals surface area contributed by atoms with Gasteiger partial charge in [0.25, 0.3) is 11.1 Å². The number of imide groups is 1. The van der Waals surface area contributed by atoms with Crippen LogP contribution in [0.25, 0.3) is 6.08 Å². The van der Waals surface area contributed by atoms with Gasteiger partial charge in [0, 0.05) is 16.7 Å². The maximum Gasteiger partial charge on any atom is 0.293 e. The van der Waals surface area contributed by atoms with Crippen LogP contribution in [0.3, 0.4) is 0 Å². The Morgan fingerprint density at radius 1 is 1.15 bits per heavy atom. The Labute approximate surface area is 164 Å². The predicted molar refractivity (Wildman–Crippen MR) is 102 cm³/mol. The number of nitrogens with zero attached hydrogens (tertiary/aromatic N) is 1. The zero-order valence-corrected chi connectivity index (χ0v) is 16.1. The molecule has 1 aliphatic heterocycles. The van der Waals surface area contributed by atoms with E-state index in [0.717, 1.165) is 16.7 Å². The summed E-state index contributed by atoms with van der Waals surface area (Å²) in [6.45, 7) is -0.227. The molecule has 0 atom stereocenters. The number of hydrogen-bond donors (Lipinski definition) is 0. The Morgan fingerprint density at radius 3 is 2.41 bits per heavy atom. The lowest BCUT2D eigenvalue weighted by molar-refractivity contribution is -0.123. The molecule has 1 fully saturated rings. The first-order chi connectivity index (χ1) is 12.9. The lowest BCUT2D eigenvalue weighted by Crippen LogP contribution is -2.28. The summed E-state index contributed by atoms with van der Waals surface area (Å²) in [7, 11) is 3.04. The van der Waals surface area contributed by atoms with Gasteiger partial charge in [-0.25, -0.2) is 4.39 Å². The zero-order chi connectivity index (χ0) is 19.6. The van der Waals surface area contributed by atoms with Crippen molar-refractivity contribution in [3.8, 4) is 11.5 Å². The van der Waals surface area contributed by atoms with Crippen molar-refractivity contribution in [2.75, 3.05) is 14.2 Å². The van der Waals surface area contributed by atoms with Crippen molar-refractivity contribution in [3.05, 3.63) is 63.3 Å². The first kappa shape index (κ1) is 19.3. The van der Waals surface area contributed by atoms with Crippen molar-refractivity contribution in [2.45, 2.75) is 6.54 Å². The smallest absolute Gasteiger partial charge is 0.293 e. The third-order valence-electron chi connectivity index (χ3n) is 3.92. The van der Waals surface area contributed by atoms with Crippen LogP contribution in [0, 0.1) is 5.82 Å². The molecule has 2 amide bonds. The second kappa shape index (κ2) is 8.02. The minimum atomic E-state index is -0.567. The highest BCUT2D eigenvalue weighted by atomic mass is 35.5. The molecule has 0 spiro atoms. The minimum absolute atomic E-state index is 0.103. The number of ether oxygens (including phenoxy) is 2. The van der Waals surface area contributed by atoms with Gasteiger partial charge in [-0.1, -0.05) is 17.7 Å². The van der Waals surface area contributed by atoms with E-state index in [9.17, 15) is 14.0 Å². The molecular formula is C19H15ClFNO4S. The summed E-state index contributed by atoms with van der Waals surface area (Å²) in [5.74, 6) is 0.0325. The largest absolute Gasteiger partial charge is 0.497 e. The molecule has 0 unspecified atom stereocenters. The fourth-order valence-corrected chi connectivity index (χ4v) is 3.60. The Bertz CT molecular complexity index is 905. The summed E-state index contributed by atoms with van der Waals surface area (Å²) < 4.78 is 24.4. The van der Waals surface area contributed by atoms with E-state index in [4.69, 9.17) is 21.1 Å². The highest BCUT2D eigenvalue weighted by Gasteiger charge is 2.35. The highest BCUT2D eigenvalue weighted by Crippen LogP contribution is 2.35. The molecule has 27 heavy (non-hydrogen) atoms. The molecule has 1 heterocycles. The molecule has 1 aliphatic rings. The van der Waals surface area contributed by atoms with E-state index in [1.807, 2.05) is 0 Å². The van der Waals surface area contributed by atoms with E-state index in [-0.39, 0.29) is 22.0 Å². The van der Waals surface area contributed by atoms with Crippen LogP contribution in [0.1, 0.15) is 11.1 Å². The number of methoxy groups -OCH3 is 2. The van der Waals surface area contributed by atoms with Gasteiger partial charge < -0.3 is 9.47 Å². The van der Waals surface area contributed by atoms with Crippen molar-refractivity contribution < 1.29 is 23.5 Å².